The Kier molecular flexibility index (Phi) is 1.58. The molecule has 1 heterocycles. The van der Waals surface area contributed by atoms with Gasteiger partial charge in [-0.3, -0.25) is 4.68 Å². The third-order valence-electron chi connectivity index (χ3n) is 1.85. The maximum absolute atomic E-state index is 5.79. The van der Waals surface area contributed by atoms with Crippen molar-refractivity contribution < 1.29 is 0 Å². The summed E-state index contributed by atoms with van der Waals surface area (Å²) in [4.78, 5) is 0. The lowest BCUT2D eigenvalue weighted by atomic mass is 10.2. The van der Waals surface area contributed by atoms with E-state index in [0.29, 0.717) is 0 Å². The van der Waals surface area contributed by atoms with E-state index in [1.54, 1.807) is 4.68 Å². The second kappa shape index (κ2) is 2.48. The number of nitrogens with zero attached hydrogens (tertiary/aromatic N) is 2. The van der Waals surface area contributed by atoms with Crippen LogP contribution >= 0.6 is 15.9 Å². The Morgan fingerprint density at radius 2 is 2.25 bits per heavy atom. The first kappa shape index (κ1) is 7.61. The van der Waals surface area contributed by atoms with Crippen LogP contribution in [0, 0.1) is 0 Å². The van der Waals surface area contributed by atoms with E-state index in [1.165, 1.54) is 0 Å². The van der Waals surface area contributed by atoms with Gasteiger partial charge in [-0.15, -0.1) is 0 Å². The van der Waals surface area contributed by atoms with E-state index in [9.17, 15) is 0 Å². The Bertz CT molecular complexity index is 433. The Balaban J connectivity index is 2.99. The number of aromatic nitrogens is 2. The SMILES string of the molecule is Cn1nc(Br)c2cccc(N)c21. The average Bonchev–Trinajstić information content (AvgIpc) is 2.29. The van der Waals surface area contributed by atoms with Crippen LogP contribution in [0.4, 0.5) is 5.69 Å². The van der Waals surface area contributed by atoms with Crippen LogP contribution in [0.5, 0.6) is 0 Å². The topological polar surface area (TPSA) is 43.8 Å². The van der Waals surface area contributed by atoms with Gasteiger partial charge in [0.15, 0.2) is 0 Å². The van der Waals surface area contributed by atoms with E-state index in [-0.39, 0.29) is 0 Å². The predicted molar refractivity (Wildman–Crippen MR) is 52.8 cm³/mol. The lowest BCUT2D eigenvalue weighted by Gasteiger charge is -1.96. The summed E-state index contributed by atoms with van der Waals surface area (Å²) in [6.45, 7) is 0. The highest BCUT2D eigenvalue weighted by Crippen LogP contribution is 2.26. The van der Waals surface area contributed by atoms with Crippen molar-refractivity contribution >= 4 is 32.5 Å². The highest BCUT2D eigenvalue weighted by atomic mass is 79.9. The lowest BCUT2D eigenvalue weighted by molar-refractivity contribution is 0.789. The zero-order valence-electron chi connectivity index (χ0n) is 6.58. The van der Waals surface area contributed by atoms with Gasteiger partial charge in [-0.2, -0.15) is 5.10 Å². The molecule has 0 bridgehead atoms. The number of nitrogen functional groups attached to an aromatic ring is 1. The summed E-state index contributed by atoms with van der Waals surface area (Å²) in [6.07, 6.45) is 0. The number of fused-ring (bicyclic) bond motifs is 1. The predicted octanol–water partition coefficient (Wildman–Crippen LogP) is 1.92. The summed E-state index contributed by atoms with van der Waals surface area (Å²) in [5.41, 5.74) is 7.52. The third kappa shape index (κ3) is 0.914. The van der Waals surface area contributed by atoms with Crippen LogP contribution in [-0.4, -0.2) is 9.78 Å². The molecule has 0 radical (unpaired) electrons. The Hall–Kier alpha value is -1.03. The Morgan fingerprint density at radius 1 is 1.50 bits per heavy atom. The molecule has 3 nitrogen and oxygen atoms in total. The highest BCUT2D eigenvalue weighted by Gasteiger charge is 2.06. The van der Waals surface area contributed by atoms with Crippen LogP contribution in [0.25, 0.3) is 10.9 Å². The normalized spacial score (nSPS) is 10.8. The van der Waals surface area contributed by atoms with Gasteiger partial charge in [0.2, 0.25) is 0 Å². The molecule has 1 aromatic carbocycles. The van der Waals surface area contributed by atoms with E-state index in [0.717, 1.165) is 21.2 Å². The van der Waals surface area contributed by atoms with E-state index in [2.05, 4.69) is 21.0 Å². The number of halogens is 1. The molecule has 0 saturated heterocycles. The first-order valence-electron chi connectivity index (χ1n) is 3.57. The largest absolute Gasteiger partial charge is 0.397 e. The van der Waals surface area contributed by atoms with Crippen LogP contribution < -0.4 is 5.73 Å². The molecule has 0 aliphatic carbocycles. The molecule has 2 N–H and O–H groups in total. The molecule has 0 aliphatic rings. The zero-order chi connectivity index (χ0) is 8.72. The van der Waals surface area contributed by atoms with Gasteiger partial charge in [0.1, 0.15) is 4.60 Å². The van der Waals surface area contributed by atoms with Crippen LogP contribution in [0.2, 0.25) is 0 Å². The van der Waals surface area contributed by atoms with Crippen LogP contribution in [-0.2, 0) is 7.05 Å². The zero-order valence-corrected chi connectivity index (χ0v) is 8.17. The molecule has 0 unspecified atom stereocenters. The quantitative estimate of drug-likeness (QED) is 0.697. The summed E-state index contributed by atoms with van der Waals surface area (Å²) < 4.78 is 2.61. The summed E-state index contributed by atoms with van der Waals surface area (Å²) in [5, 5.41) is 5.26. The fourth-order valence-corrected chi connectivity index (χ4v) is 1.88. The molecule has 0 spiro atoms. The summed E-state index contributed by atoms with van der Waals surface area (Å²) in [6, 6.07) is 5.78. The van der Waals surface area contributed by atoms with Crippen molar-refractivity contribution in [1.82, 2.24) is 9.78 Å². The molecule has 4 heteroatoms. The number of aryl methyl sites for hydroxylation is 1. The minimum absolute atomic E-state index is 0.758. The lowest BCUT2D eigenvalue weighted by Crippen LogP contribution is -1.93. The van der Waals surface area contributed by atoms with E-state index >= 15 is 0 Å². The molecular formula is C8H8BrN3. The van der Waals surface area contributed by atoms with Crippen molar-refractivity contribution in [3.05, 3.63) is 22.8 Å². The number of hydrogen-bond acceptors (Lipinski definition) is 2. The van der Waals surface area contributed by atoms with Gasteiger partial charge in [-0.25, -0.2) is 0 Å². The van der Waals surface area contributed by atoms with Gasteiger partial charge in [0.05, 0.1) is 11.2 Å². The second-order valence-corrected chi connectivity index (χ2v) is 3.41. The van der Waals surface area contributed by atoms with Crippen molar-refractivity contribution in [2.24, 2.45) is 7.05 Å². The molecule has 0 atom stereocenters. The van der Waals surface area contributed by atoms with Crippen molar-refractivity contribution in [2.45, 2.75) is 0 Å². The van der Waals surface area contributed by atoms with E-state index in [1.807, 2.05) is 25.2 Å². The molecule has 12 heavy (non-hydrogen) atoms. The summed E-state index contributed by atoms with van der Waals surface area (Å²) >= 11 is 3.36. The van der Waals surface area contributed by atoms with Gasteiger partial charge in [-0.05, 0) is 28.1 Å². The average molecular weight is 226 g/mol. The van der Waals surface area contributed by atoms with Crippen molar-refractivity contribution in [2.75, 3.05) is 5.73 Å². The molecule has 0 saturated carbocycles. The first-order valence-corrected chi connectivity index (χ1v) is 4.36. The fraction of sp³-hybridized carbons (Fsp3) is 0.125. The van der Waals surface area contributed by atoms with Gasteiger partial charge in [0.25, 0.3) is 0 Å². The fourth-order valence-electron chi connectivity index (χ4n) is 1.32. The van der Waals surface area contributed by atoms with Crippen molar-refractivity contribution in [3.8, 4) is 0 Å². The van der Waals surface area contributed by atoms with Gasteiger partial charge < -0.3 is 5.73 Å². The summed E-state index contributed by atoms with van der Waals surface area (Å²) in [5.74, 6) is 0. The number of benzene rings is 1. The first-order chi connectivity index (χ1) is 5.70. The smallest absolute Gasteiger partial charge is 0.136 e. The van der Waals surface area contributed by atoms with Gasteiger partial charge in [0, 0.05) is 12.4 Å². The Morgan fingerprint density at radius 3 is 2.92 bits per heavy atom. The molecular weight excluding hydrogens is 218 g/mol. The molecule has 2 rings (SSSR count). The number of para-hydroxylation sites is 1. The summed E-state index contributed by atoms with van der Waals surface area (Å²) in [7, 11) is 1.88. The number of anilines is 1. The van der Waals surface area contributed by atoms with Crippen molar-refractivity contribution in [3.63, 3.8) is 0 Å². The maximum Gasteiger partial charge on any atom is 0.136 e. The van der Waals surface area contributed by atoms with Crippen LogP contribution in [0.15, 0.2) is 22.8 Å². The second-order valence-electron chi connectivity index (χ2n) is 2.66. The molecule has 62 valence electrons. The minimum Gasteiger partial charge on any atom is -0.397 e. The maximum atomic E-state index is 5.79. The highest BCUT2D eigenvalue weighted by molar-refractivity contribution is 9.10. The Labute approximate surface area is 78.3 Å². The third-order valence-corrected chi connectivity index (χ3v) is 2.44. The van der Waals surface area contributed by atoms with Crippen LogP contribution in [0.3, 0.4) is 0 Å². The van der Waals surface area contributed by atoms with Gasteiger partial charge >= 0.3 is 0 Å². The number of hydrogen-bond donors (Lipinski definition) is 1. The molecule has 0 amide bonds. The molecule has 0 aliphatic heterocycles. The standard InChI is InChI=1S/C8H8BrN3/c1-12-7-5(8(9)11-12)3-2-4-6(7)10/h2-4H,10H2,1H3. The minimum atomic E-state index is 0.758. The number of rotatable bonds is 0. The van der Waals surface area contributed by atoms with Crippen LogP contribution in [0.1, 0.15) is 0 Å². The number of nitrogens with two attached hydrogens (primary N) is 1. The van der Waals surface area contributed by atoms with E-state index in [4.69, 9.17) is 5.73 Å². The molecule has 1 aromatic heterocycles. The van der Waals surface area contributed by atoms with Gasteiger partial charge in [-0.1, -0.05) is 6.07 Å². The molecule has 2 aromatic rings. The monoisotopic (exact) mass is 225 g/mol. The van der Waals surface area contributed by atoms with E-state index < -0.39 is 0 Å². The molecule has 0 fully saturated rings. The van der Waals surface area contributed by atoms with Crippen molar-refractivity contribution in [1.29, 1.82) is 0 Å².